The third-order valence-electron chi connectivity index (χ3n) is 2.31. The molecule has 0 spiro atoms. The molecule has 7 heteroatoms. The number of carbonyl (C=O) groups excluding carboxylic acids is 1. The molecule has 0 unspecified atom stereocenters. The van der Waals surface area contributed by atoms with Crippen LogP contribution < -0.4 is 5.32 Å². The van der Waals surface area contributed by atoms with E-state index in [9.17, 15) is 4.79 Å². The number of thioether (sulfide) groups is 1. The number of carbonyl (C=O) groups is 1. The third kappa shape index (κ3) is 4.82. The van der Waals surface area contributed by atoms with Crippen molar-refractivity contribution in [1.29, 1.82) is 0 Å². The van der Waals surface area contributed by atoms with Gasteiger partial charge in [-0.2, -0.15) is 0 Å². The molecule has 0 saturated heterocycles. The number of nitrogens with one attached hydrogen (secondary N) is 1. The molecule has 106 valence electrons. The van der Waals surface area contributed by atoms with Gasteiger partial charge in [-0.1, -0.05) is 53.4 Å². The summed E-state index contributed by atoms with van der Waals surface area (Å²) in [7, 11) is 0. The maximum atomic E-state index is 11.2. The van der Waals surface area contributed by atoms with E-state index in [0.717, 1.165) is 9.47 Å². The Morgan fingerprint density at radius 2 is 2.15 bits per heavy atom. The highest BCUT2D eigenvalue weighted by atomic mass is 32.2. The van der Waals surface area contributed by atoms with E-state index < -0.39 is 0 Å². The molecule has 0 aliphatic carbocycles. The molecule has 2 aromatic rings. The lowest BCUT2D eigenvalue weighted by Crippen LogP contribution is -2.06. The average Bonchev–Trinajstić information content (AvgIpc) is 2.92. The minimum absolute atomic E-state index is 0.230. The van der Waals surface area contributed by atoms with E-state index in [-0.39, 0.29) is 11.7 Å². The Balaban J connectivity index is 1.79. The first kappa shape index (κ1) is 14.8. The van der Waals surface area contributed by atoms with Crippen molar-refractivity contribution < 1.29 is 9.53 Å². The minimum Gasteiger partial charge on any atom is -0.465 e. The molecule has 0 aliphatic heterocycles. The second-order valence-electron chi connectivity index (χ2n) is 3.81. The number of rotatable bonds is 7. The van der Waals surface area contributed by atoms with Gasteiger partial charge < -0.3 is 10.1 Å². The Morgan fingerprint density at radius 1 is 1.35 bits per heavy atom. The summed E-state index contributed by atoms with van der Waals surface area (Å²) in [5, 5.41) is 12.0. The summed E-state index contributed by atoms with van der Waals surface area (Å²) in [6.45, 7) is 2.90. The van der Waals surface area contributed by atoms with Crippen molar-refractivity contribution in [2.45, 2.75) is 17.8 Å². The van der Waals surface area contributed by atoms with Crippen LogP contribution in [0.3, 0.4) is 0 Å². The van der Waals surface area contributed by atoms with E-state index in [1.165, 1.54) is 28.7 Å². The van der Waals surface area contributed by atoms with Crippen LogP contribution in [0.25, 0.3) is 0 Å². The Hall–Kier alpha value is -1.60. The summed E-state index contributed by atoms with van der Waals surface area (Å²) in [5.74, 6) is 0.0349. The van der Waals surface area contributed by atoms with Gasteiger partial charge in [0.2, 0.25) is 5.13 Å². The van der Waals surface area contributed by atoms with E-state index in [4.69, 9.17) is 4.74 Å². The van der Waals surface area contributed by atoms with Crippen LogP contribution in [-0.4, -0.2) is 28.5 Å². The van der Waals surface area contributed by atoms with Crippen molar-refractivity contribution >= 4 is 34.2 Å². The predicted octanol–water partition coefficient (Wildman–Crippen LogP) is 2.81. The molecule has 1 aromatic heterocycles. The van der Waals surface area contributed by atoms with E-state index in [1.807, 2.05) is 30.3 Å². The molecular weight excluding hydrogens is 294 g/mol. The second kappa shape index (κ2) is 7.86. The first-order valence-electron chi connectivity index (χ1n) is 6.17. The zero-order valence-electron chi connectivity index (χ0n) is 11.0. The van der Waals surface area contributed by atoms with Crippen molar-refractivity contribution in [3.05, 3.63) is 35.9 Å². The first-order valence-corrected chi connectivity index (χ1v) is 7.98. The van der Waals surface area contributed by atoms with Gasteiger partial charge >= 0.3 is 5.97 Å². The van der Waals surface area contributed by atoms with Crippen molar-refractivity contribution in [2.75, 3.05) is 17.7 Å². The molecule has 0 amide bonds. The van der Waals surface area contributed by atoms with Crippen LogP contribution in [-0.2, 0) is 16.1 Å². The molecule has 1 heterocycles. The van der Waals surface area contributed by atoms with E-state index in [0.29, 0.717) is 13.2 Å². The molecule has 0 fully saturated rings. The highest BCUT2D eigenvalue weighted by Gasteiger charge is 2.08. The smallest absolute Gasteiger partial charge is 0.316 e. The van der Waals surface area contributed by atoms with Crippen LogP contribution in [0.2, 0.25) is 0 Å². The number of aromatic nitrogens is 2. The van der Waals surface area contributed by atoms with Gasteiger partial charge in [0.05, 0.1) is 12.4 Å². The number of ether oxygens (including phenoxy) is 1. The molecule has 0 atom stereocenters. The van der Waals surface area contributed by atoms with Crippen LogP contribution in [0.15, 0.2) is 34.7 Å². The zero-order valence-corrected chi connectivity index (χ0v) is 12.7. The van der Waals surface area contributed by atoms with Crippen LogP contribution in [0.1, 0.15) is 12.5 Å². The van der Waals surface area contributed by atoms with Crippen molar-refractivity contribution in [3.8, 4) is 0 Å². The monoisotopic (exact) mass is 309 g/mol. The molecular formula is C13H15N3O2S2. The lowest BCUT2D eigenvalue weighted by atomic mass is 10.2. The van der Waals surface area contributed by atoms with Crippen LogP contribution in [0, 0.1) is 0 Å². The van der Waals surface area contributed by atoms with Gasteiger partial charge in [-0.05, 0) is 12.5 Å². The van der Waals surface area contributed by atoms with Crippen LogP contribution in [0.4, 0.5) is 5.13 Å². The average molecular weight is 309 g/mol. The van der Waals surface area contributed by atoms with Crippen LogP contribution in [0.5, 0.6) is 0 Å². The van der Waals surface area contributed by atoms with Crippen molar-refractivity contribution in [3.63, 3.8) is 0 Å². The Labute approximate surface area is 125 Å². The molecule has 1 aromatic carbocycles. The zero-order chi connectivity index (χ0) is 14.2. The molecule has 1 N–H and O–H groups in total. The van der Waals surface area contributed by atoms with Crippen molar-refractivity contribution in [2.24, 2.45) is 0 Å². The third-order valence-corrected chi connectivity index (χ3v) is 4.30. The van der Waals surface area contributed by atoms with E-state index in [1.54, 1.807) is 6.92 Å². The normalized spacial score (nSPS) is 10.2. The largest absolute Gasteiger partial charge is 0.465 e. The lowest BCUT2D eigenvalue weighted by molar-refractivity contribution is -0.139. The van der Waals surface area contributed by atoms with Crippen molar-refractivity contribution in [1.82, 2.24) is 10.2 Å². The fourth-order valence-corrected chi connectivity index (χ4v) is 2.98. The first-order chi connectivity index (χ1) is 9.78. The Morgan fingerprint density at radius 3 is 2.90 bits per heavy atom. The highest BCUT2D eigenvalue weighted by molar-refractivity contribution is 8.01. The summed E-state index contributed by atoms with van der Waals surface area (Å²) >= 11 is 2.78. The van der Waals surface area contributed by atoms with Gasteiger partial charge in [-0.3, -0.25) is 4.79 Å². The fraction of sp³-hybridized carbons (Fsp3) is 0.308. The summed E-state index contributed by atoms with van der Waals surface area (Å²) in [5.41, 5.74) is 1.18. The van der Waals surface area contributed by atoms with Crippen LogP contribution >= 0.6 is 23.1 Å². The molecule has 20 heavy (non-hydrogen) atoms. The molecule has 0 saturated carbocycles. The molecule has 0 aliphatic rings. The molecule has 5 nitrogen and oxygen atoms in total. The van der Waals surface area contributed by atoms with Gasteiger partial charge in [0.15, 0.2) is 4.34 Å². The van der Waals surface area contributed by atoms with Gasteiger partial charge in [-0.25, -0.2) is 0 Å². The predicted molar refractivity (Wildman–Crippen MR) is 81.0 cm³/mol. The fourth-order valence-electron chi connectivity index (χ4n) is 1.44. The van der Waals surface area contributed by atoms with Gasteiger partial charge in [-0.15, -0.1) is 10.2 Å². The van der Waals surface area contributed by atoms with Gasteiger partial charge in [0, 0.05) is 6.54 Å². The van der Waals surface area contributed by atoms with E-state index >= 15 is 0 Å². The van der Waals surface area contributed by atoms with E-state index in [2.05, 4.69) is 15.5 Å². The number of benzene rings is 1. The minimum atomic E-state index is -0.230. The SMILES string of the molecule is CCOC(=O)CSc1nnc(NCc2ccccc2)s1. The summed E-state index contributed by atoms with van der Waals surface area (Å²) < 4.78 is 5.61. The highest BCUT2D eigenvalue weighted by Crippen LogP contribution is 2.25. The molecule has 0 radical (unpaired) electrons. The summed E-state index contributed by atoms with van der Waals surface area (Å²) in [6.07, 6.45) is 0. The second-order valence-corrected chi connectivity index (χ2v) is 6.01. The molecule has 2 rings (SSSR count). The number of hydrogen-bond acceptors (Lipinski definition) is 7. The topological polar surface area (TPSA) is 64.1 Å². The Bertz CT molecular complexity index is 546. The van der Waals surface area contributed by atoms with Gasteiger partial charge in [0.1, 0.15) is 0 Å². The maximum Gasteiger partial charge on any atom is 0.316 e. The molecule has 0 bridgehead atoms. The number of anilines is 1. The quantitative estimate of drug-likeness (QED) is 0.627. The standard InChI is InChI=1S/C13H15N3O2S2/c1-2-18-11(17)9-19-13-16-15-12(20-13)14-8-10-6-4-3-5-7-10/h3-7H,2,8-9H2,1H3,(H,14,15). The number of esters is 1. The summed E-state index contributed by atoms with van der Waals surface area (Å²) in [6, 6.07) is 10.1. The summed E-state index contributed by atoms with van der Waals surface area (Å²) in [4.78, 5) is 11.2. The number of hydrogen-bond donors (Lipinski definition) is 1. The van der Waals surface area contributed by atoms with Gasteiger partial charge in [0.25, 0.3) is 0 Å². The number of nitrogens with zero attached hydrogens (tertiary/aromatic N) is 2. The maximum absolute atomic E-state index is 11.2. The Kier molecular flexibility index (Phi) is 5.82. The lowest BCUT2D eigenvalue weighted by Gasteiger charge is -2.01.